The highest BCUT2D eigenvalue weighted by Crippen LogP contribution is 2.17. The number of hydrogen-bond donors (Lipinski definition) is 2. The third kappa shape index (κ3) is 3.18. The summed E-state index contributed by atoms with van der Waals surface area (Å²) >= 11 is 0. The number of nitrogens with one attached hydrogen (secondary N) is 1. The minimum atomic E-state index is -3.45. The summed E-state index contributed by atoms with van der Waals surface area (Å²) in [5.41, 5.74) is 5.07. The fraction of sp³-hybridized carbons (Fsp3) is 0.900. The summed E-state index contributed by atoms with van der Waals surface area (Å²) in [4.78, 5) is 11.9. The van der Waals surface area contributed by atoms with E-state index >= 15 is 0 Å². The lowest BCUT2D eigenvalue weighted by Crippen LogP contribution is -2.60. The highest BCUT2D eigenvalue weighted by Gasteiger charge is 2.41. The predicted molar refractivity (Wildman–Crippen MR) is 64.8 cm³/mol. The van der Waals surface area contributed by atoms with E-state index in [9.17, 15) is 13.2 Å². The van der Waals surface area contributed by atoms with E-state index in [1.807, 2.05) is 0 Å². The highest BCUT2D eigenvalue weighted by atomic mass is 32.2. The number of sulfone groups is 1. The van der Waals surface area contributed by atoms with Crippen molar-refractivity contribution in [2.45, 2.75) is 50.9 Å². The molecule has 0 heterocycles. The van der Waals surface area contributed by atoms with Crippen LogP contribution < -0.4 is 11.1 Å². The Bertz CT molecular complexity index is 370. The van der Waals surface area contributed by atoms with E-state index in [1.165, 1.54) is 13.8 Å². The van der Waals surface area contributed by atoms with Gasteiger partial charge in [0.1, 0.15) is 4.75 Å². The number of carbonyl (C=O) groups is 1. The molecule has 0 aliphatic rings. The van der Waals surface area contributed by atoms with Gasteiger partial charge in [-0.1, -0.05) is 0 Å². The van der Waals surface area contributed by atoms with Crippen LogP contribution >= 0.6 is 0 Å². The molecular weight excluding hydrogens is 228 g/mol. The zero-order valence-corrected chi connectivity index (χ0v) is 11.6. The Morgan fingerprint density at radius 3 is 1.88 bits per heavy atom. The molecule has 0 aliphatic heterocycles. The molecule has 0 fully saturated rings. The van der Waals surface area contributed by atoms with Crippen LogP contribution in [0.15, 0.2) is 0 Å². The second-order valence-corrected chi connectivity index (χ2v) is 7.81. The molecule has 0 aliphatic carbocycles. The predicted octanol–water partition coefficient (Wildman–Crippen LogP) is 0.0516. The molecule has 96 valence electrons. The first-order chi connectivity index (χ1) is 6.82. The first-order valence-corrected chi connectivity index (χ1v) is 6.99. The number of amides is 1. The van der Waals surface area contributed by atoms with E-state index in [-0.39, 0.29) is 6.04 Å². The van der Waals surface area contributed by atoms with Crippen LogP contribution in [0, 0.1) is 0 Å². The Morgan fingerprint density at radius 1 is 1.25 bits per heavy atom. The maximum absolute atomic E-state index is 11.9. The molecule has 1 atom stereocenters. The maximum Gasteiger partial charge on any atom is 0.241 e. The van der Waals surface area contributed by atoms with Gasteiger partial charge in [0.15, 0.2) is 9.84 Å². The molecule has 1 amide bonds. The summed E-state index contributed by atoms with van der Waals surface area (Å²) in [5.74, 6) is -0.530. The quantitative estimate of drug-likeness (QED) is 0.738. The lowest BCUT2D eigenvalue weighted by atomic mass is 9.96. The summed E-state index contributed by atoms with van der Waals surface area (Å²) in [7, 11) is -3.45. The zero-order valence-electron chi connectivity index (χ0n) is 10.8. The Labute approximate surface area is 97.7 Å². The fourth-order valence-electron chi connectivity index (χ4n) is 0.725. The molecule has 6 heteroatoms. The topological polar surface area (TPSA) is 89.3 Å². The Hall–Kier alpha value is -0.620. The summed E-state index contributed by atoms with van der Waals surface area (Å²) in [6.45, 7) is 8.04. The molecule has 0 spiro atoms. The number of hydrogen-bond acceptors (Lipinski definition) is 4. The standard InChI is InChI=1S/C10H22N2O3S/c1-7(11)9(2,3)12-8(13)10(4,5)16(6,14)15/h7H,11H2,1-6H3,(H,12,13). The second kappa shape index (κ2) is 4.33. The second-order valence-electron chi connectivity index (χ2n) is 5.25. The average molecular weight is 250 g/mol. The molecule has 0 aromatic heterocycles. The molecule has 0 bridgehead atoms. The zero-order chi connectivity index (χ0) is 13.4. The SMILES string of the molecule is CC(N)C(C)(C)NC(=O)C(C)(C)S(C)(=O)=O. The highest BCUT2D eigenvalue weighted by molar-refractivity contribution is 7.92. The molecule has 3 N–H and O–H groups in total. The number of nitrogens with two attached hydrogens (primary N) is 1. The molecule has 0 aromatic carbocycles. The summed E-state index contributed by atoms with van der Waals surface area (Å²) in [5, 5.41) is 2.66. The van der Waals surface area contributed by atoms with Gasteiger partial charge in [0.2, 0.25) is 5.91 Å². The van der Waals surface area contributed by atoms with Gasteiger partial charge in [-0.25, -0.2) is 8.42 Å². The number of carbonyl (C=O) groups excluding carboxylic acids is 1. The molecule has 0 aromatic rings. The third-order valence-electron chi connectivity index (χ3n) is 3.05. The first-order valence-electron chi connectivity index (χ1n) is 5.10. The van der Waals surface area contributed by atoms with Crippen LogP contribution in [0.25, 0.3) is 0 Å². The molecule has 0 saturated carbocycles. The van der Waals surface area contributed by atoms with Crippen molar-refractivity contribution in [2.75, 3.05) is 6.26 Å². The minimum Gasteiger partial charge on any atom is -0.348 e. The van der Waals surface area contributed by atoms with Crippen molar-refractivity contribution in [2.24, 2.45) is 5.73 Å². The van der Waals surface area contributed by atoms with Crippen LogP contribution in [0.5, 0.6) is 0 Å². The molecule has 0 saturated heterocycles. The lowest BCUT2D eigenvalue weighted by Gasteiger charge is -2.33. The Morgan fingerprint density at radius 2 is 1.62 bits per heavy atom. The smallest absolute Gasteiger partial charge is 0.241 e. The Kier molecular flexibility index (Phi) is 4.16. The van der Waals surface area contributed by atoms with Crippen molar-refractivity contribution in [3.05, 3.63) is 0 Å². The fourth-order valence-corrected chi connectivity index (χ4v) is 1.11. The van der Waals surface area contributed by atoms with E-state index in [1.54, 1.807) is 20.8 Å². The van der Waals surface area contributed by atoms with Gasteiger partial charge in [-0.05, 0) is 34.6 Å². The molecule has 5 nitrogen and oxygen atoms in total. The van der Waals surface area contributed by atoms with Crippen molar-refractivity contribution in [3.63, 3.8) is 0 Å². The summed E-state index contributed by atoms with van der Waals surface area (Å²) < 4.78 is 21.5. The van der Waals surface area contributed by atoms with Gasteiger partial charge in [-0.2, -0.15) is 0 Å². The van der Waals surface area contributed by atoms with Crippen molar-refractivity contribution in [1.29, 1.82) is 0 Å². The van der Waals surface area contributed by atoms with Gasteiger partial charge >= 0.3 is 0 Å². The largest absolute Gasteiger partial charge is 0.348 e. The van der Waals surface area contributed by atoms with Crippen LogP contribution in [-0.4, -0.2) is 36.9 Å². The first kappa shape index (κ1) is 15.4. The molecular formula is C10H22N2O3S. The average Bonchev–Trinajstić information content (AvgIpc) is 2.00. The van der Waals surface area contributed by atoms with Gasteiger partial charge in [0.05, 0.1) is 0 Å². The van der Waals surface area contributed by atoms with E-state index in [0.29, 0.717) is 0 Å². The van der Waals surface area contributed by atoms with Crippen LogP contribution in [0.4, 0.5) is 0 Å². The van der Waals surface area contributed by atoms with Crippen molar-refractivity contribution in [3.8, 4) is 0 Å². The van der Waals surface area contributed by atoms with Crippen LogP contribution in [0.1, 0.15) is 34.6 Å². The Balaban J connectivity index is 5.00. The van der Waals surface area contributed by atoms with Crippen molar-refractivity contribution < 1.29 is 13.2 Å². The summed E-state index contributed by atoms with van der Waals surface area (Å²) in [6, 6.07) is -0.271. The van der Waals surface area contributed by atoms with Crippen LogP contribution in [0.3, 0.4) is 0 Å². The van der Waals surface area contributed by atoms with Gasteiger partial charge < -0.3 is 11.1 Å². The van der Waals surface area contributed by atoms with E-state index in [2.05, 4.69) is 5.32 Å². The van der Waals surface area contributed by atoms with E-state index < -0.39 is 26.0 Å². The van der Waals surface area contributed by atoms with Gasteiger partial charge in [0, 0.05) is 17.8 Å². The van der Waals surface area contributed by atoms with Gasteiger partial charge in [-0.3, -0.25) is 4.79 Å². The number of rotatable bonds is 4. The van der Waals surface area contributed by atoms with Crippen LogP contribution in [-0.2, 0) is 14.6 Å². The molecule has 0 radical (unpaired) electrons. The van der Waals surface area contributed by atoms with E-state index in [0.717, 1.165) is 6.26 Å². The van der Waals surface area contributed by atoms with Gasteiger partial charge in [-0.15, -0.1) is 0 Å². The minimum absolute atomic E-state index is 0.271. The third-order valence-corrected chi connectivity index (χ3v) is 5.09. The summed E-state index contributed by atoms with van der Waals surface area (Å²) in [6.07, 6.45) is 1.05. The molecule has 16 heavy (non-hydrogen) atoms. The van der Waals surface area contributed by atoms with Crippen molar-refractivity contribution >= 4 is 15.7 Å². The normalized spacial score (nSPS) is 15.7. The maximum atomic E-state index is 11.9. The van der Waals surface area contributed by atoms with E-state index in [4.69, 9.17) is 5.73 Å². The lowest BCUT2D eigenvalue weighted by molar-refractivity contribution is -0.124. The monoisotopic (exact) mass is 250 g/mol. The van der Waals surface area contributed by atoms with Crippen LogP contribution in [0.2, 0.25) is 0 Å². The van der Waals surface area contributed by atoms with Crippen molar-refractivity contribution in [1.82, 2.24) is 5.32 Å². The molecule has 0 rings (SSSR count). The molecule has 1 unspecified atom stereocenters. The van der Waals surface area contributed by atoms with Gasteiger partial charge in [0.25, 0.3) is 0 Å².